The average Bonchev–Trinajstić information content (AvgIpc) is 3.17. The van der Waals surface area contributed by atoms with Crippen molar-refractivity contribution in [3.8, 4) is 11.1 Å². The fourth-order valence-corrected chi connectivity index (χ4v) is 4.16. The van der Waals surface area contributed by atoms with Crippen molar-refractivity contribution in [2.45, 2.75) is 12.8 Å². The highest BCUT2D eigenvalue weighted by Gasteiger charge is 2.28. The number of hydrogen-bond donors (Lipinski definition) is 3. The minimum absolute atomic E-state index is 0.0129. The maximum absolute atomic E-state index is 12.2. The van der Waals surface area contributed by atoms with Gasteiger partial charge in [-0.05, 0) is 52.9 Å². The number of ether oxygens (including phenoxy) is 2. The summed E-state index contributed by atoms with van der Waals surface area (Å²) in [7, 11) is 0. The van der Waals surface area contributed by atoms with Gasteiger partial charge in [0.15, 0.2) is 0 Å². The molecule has 3 aromatic rings. The maximum Gasteiger partial charge on any atom is 0.407 e. The lowest BCUT2D eigenvalue weighted by Gasteiger charge is -2.14. The first-order valence-corrected chi connectivity index (χ1v) is 11.2. The van der Waals surface area contributed by atoms with Gasteiger partial charge in [0.2, 0.25) is 5.91 Å². The molecule has 0 unspecified atom stereocenters. The van der Waals surface area contributed by atoms with Crippen LogP contribution >= 0.6 is 0 Å². The van der Waals surface area contributed by atoms with Crippen LogP contribution in [0.3, 0.4) is 0 Å². The van der Waals surface area contributed by atoms with Crippen LogP contribution in [-0.2, 0) is 14.3 Å². The molecule has 8 nitrogen and oxygen atoms in total. The number of fused-ring (bicyclic) bond motifs is 3. The lowest BCUT2D eigenvalue weighted by molar-refractivity contribution is -0.120. The van der Waals surface area contributed by atoms with E-state index in [4.69, 9.17) is 14.6 Å². The van der Waals surface area contributed by atoms with E-state index in [9.17, 15) is 14.4 Å². The Morgan fingerprint density at radius 1 is 0.943 bits per heavy atom. The van der Waals surface area contributed by atoms with Crippen LogP contribution in [0.5, 0.6) is 0 Å². The Kier molecular flexibility index (Phi) is 7.42. The minimum Gasteiger partial charge on any atom is -0.478 e. The molecule has 0 saturated carbocycles. The van der Waals surface area contributed by atoms with Crippen molar-refractivity contribution in [1.82, 2.24) is 5.32 Å². The van der Waals surface area contributed by atoms with Gasteiger partial charge in [-0.2, -0.15) is 0 Å². The van der Waals surface area contributed by atoms with Crippen LogP contribution in [0.4, 0.5) is 10.5 Å². The van der Waals surface area contributed by atoms with Crippen molar-refractivity contribution in [3.63, 3.8) is 0 Å². The van der Waals surface area contributed by atoms with Crippen molar-refractivity contribution < 1.29 is 29.0 Å². The molecule has 0 radical (unpaired) electrons. The van der Waals surface area contributed by atoms with Gasteiger partial charge in [-0.25, -0.2) is 9.59 Å². The van der Waals surface area contributed by atoms with Crippen LogP contribution in [0.25, 0.3) is 11.1 Å². The number of carboxylic acids is 1. The average molecular weight is 475 g/mol. The van der Waals surface area contributed by atoms with E-state index in [-0.39, 0.29) is 43.8 Å². The van der Waals surface area contributed by atoms with Crippen molar-refractivity contribution in [2.75, 3.05) is 31.7 Å². The van der Waals surface area contributed by atoms with Gasteiger partial charge in [0.1, 0.15) is 13.2 Å². The molecule has 35 heavy (non-hydrogen) atoms. The number of carboxylic acid groups (broad SMARTS) is 1. The number of alkyl carbamates (subject to hydrolysis) is 1. The summed E-state index contributed by atoms with van der Waals surface area (Å²) in [6, 6.07) is 20.7. The first-order chi connectivity index (χ1) is 16.9. The molecule has 0 bridgehead atoms. The van der Waals surface area contributed by atoms with E-state index in [1.807, 2.05) is 24.3 Å². The van der Waals surface area contributed by atoms with Crippen LogP contribution in [0.1, 0.15) is 33.0 Å². The second-order valence-electron chi connectivity index (χ2n) is 8.19. The molecule has 0 heterocycles. The van der Waals surface area contributed by atoms with Gasteiger partial charge < -0.3 is 25.2 Å². The van der Waals surface area contributed by atoms with E-state index in [1.54, 1.807) is 6.92 Å². The van der Waals surface area contributed by atoms with Gasteiger partial charge in [-0.3, -0.25) is 4.79 Å². The van der Waals surface area contributed by atoms with E-state index >= 15 is 0 Å². The molecule has 1 aliphatic carbocycles. The number of rotatable bonds is 9. The van der Waals surface area contributed by atoms with E-state index in [0.717, 1.165) is 22.3 Å². The normalized spacial score (nSPS) is 11.9. The predicted octanol–water partition coefficient (Wildman–Crippen LogP) is 4.19. The topological polar surface area (TPSA) is 114 Å². The van der Waals surface area contributed by atoms with Crippen molar-refractivity contribution in [1.29, 1.82) is 0 Å². The molecular weight excluding hydrogens is 448 g/mol. The number of amides is 2. The van der Waals surface area contributed by atoms with Gasteiger partial charge >= 0.3 is 12.1 Å². The van der Waals surface area contributed by atoms with Crippen LogP contribution in [0.15, 0.2) is 66.7 Å². The number of aryl methyl sites for hydroxylation is 1. The Labute approximate surface area is 202 Å². The highest BCUT2D eigenvalue weighted by Crippen LogP contribution is 2.44. The minimum atomic E-state index is -1.03. The molecule has 0 saturated heterocycles. The first kappa shape index (κ1) is 24.0. The SMILES string of the molecule is Cc1cc(C(=O)O)ccc1NC(=O)COCCNC(=O)OCC1c2ccccc2-c2ccccc21. The molecular formula is C27H26N2O6. The predicted molar refractivity (Wildman–Crippen MR) is 131 cm³/mol. The maximum atomic E-state index is 12.2. The molecule has 0 aliphatic heterocycles. The van der Waals surface area contributed by atoms with Crippen LogP contribution in [0.2, 0.25) is 0 Å². The number of benzene rings is 3. The molecule has 0 aromatic heterocycles. The Balaban J connectivity index is 1.17. The van der Waals surface area contributed by atoms with Gasteiger partial charge in [0.25, 0.3) is 0 Å². The molecule has 3 aromatic carbocycles. The third-order valence-corrected chi connectivity index (χ3v) is 5.84. The number of carbonyl (C=O) groups excluding carboxylic acids is 2. The number of anilines is 1. The van der Waals surface area contributed by atoms with E-state index in [1.165, 1.54) is 18.2 Å². The molecule has 180 valence electrons. The molecule has 0 fully saturated rings. The highest BCUT2D eigenvalue weighted by molar-refractivity contribution is 5.94. The number of aromatic carboxylic acids is 1. The quantitative estimate of drug-likeness (QED) is 0.401. The van der Waals surface area contributed by atoms with Crippen molar-refractivity contribution in [2.24, 2.45) is 0 Å². The summed E-state index contributed by atoms with van der Waals surface area (Å²) < 4.78 is 10.8. The fourth-order valence-electron chi connectivity index (χ4n) is 4.16. The summed E-state index contributed by atoms with van der Waals surface area (Å²) in [5, 5.41) is 14.3. The monoisotopic (exact) mass is 474 g/mol. The summed E-state index contributed by atoms with van der Waals surface area (Å²) in [5.41, 5.74) is 5.91. The molecule has 1 aliphatic rings. The zero-order chi connectivity index (χ0) is 24.8. The van der Waals surface area contributed by atoms with E-state index < -0.39 is 12.1 Å². The third-order valence-electron chi connectivity index (χ3n) is 5.84. The smallest absolute Gasteiger partial charge is 0.407 e. The third kappa shape index (κ3) is 5.67. The zero-order valence-corrected chi connectivity index (χ0v) is 19.2. The fraction of sp³-hybridized carbons (Fsp3) is 0.222. The van der Waals surface area contributed by atoms with Gasteiger partial charge in [-0.1, -0.05) is 48.5 Å². The van der Waals surface area contributed by atoms with Crippen LogP contribution in [-0.4, -0.2) is 49.4 Å². The molecule has 8 heteroatoms. The molecule has 4 rings (SSSR count). The molecule has 3 N–H and O–H groups in total. The molecule has 0 spiro atoms. The van der Waals surface area contributed by atoms with Crippen molar-refractivity contribution in [3.05, 3.63) is 89.0 Å². The van der Waals surface area contributed by atoms with Crippen LogP contribution in [0, 0.1) is 6.92 Å². The Morgan fingerprint density at radius 3 is 2.23 bits per heavy atom. The Morgan fingerprint density at radius 2 is 1.60 bits per heavy atom. The number of carbonyl (C=O) groups is 3. The first-order valence-electron chi connectivity index (χ1n) is 11.2. The second kappa shape index (κ2) is 10.8. The summed E-state index contributed by atoms with van der Waals surface area (Å²) in [4.78, 5) is 35.2. The number of hydrogen-bond acceptors (Lipinski definition) is 5. The van der Waals surface area contributed by atoms with Crippen molar-refractivity contribution >= 4 is 23.7 Å². The van der Waals surface area contributed by atoms with E-state index in [2.05, 4.69) is 34.9 Å². The summed E-state index contributed by atoms with van der Waals surface area (Å²) in [6.45, 7) is 2.06. The van der Waals surface area contributed by atoms with E-state index in [0.29, 0.717) is 11.3 Å². The lowest BCUT2D eigenvalue weighted by Crippen LogP contribution is -2.30. The lowest BCUT2D eigenvalue weighted by atomic mass is 9.98. The Bertz CT molecular complexity index is 1210. The number of nitrogens with one attached hydrogen (secondary N) is 2. The highest BCUT2D eigenvalue weighted by atomic mass is 16.5. The van der Waals surface area contributed by atoms with Gasteiger partial charge in [0, 0.05) is 18.2 Å². The van der Waals surface area contributed by atoms with Gasteiger partial charge in [0.05, 0.1) is 12.2 Å². The molecule has 2 amide bonds. The van der Waals surface area contributed by atoms with Gasteiger partial charge in [-0.15, -0.1) is 0 Å². The van der Waals surface area contributed by atoms with Crippen LogP contribution < -0.4 is 10.6 Å². The second-order valence-corrected chi connectivity index (χ2v) is 8.19. The summed E-state index contributed by atoms with van der Waals surface area (Å²) in [5.74, 6) is -1.42. The standard InChI is InChI=1S/C27H26N2O6/c1-17-14-18(26(31)32)10-11-24(17)29-25(30)16-34-13-12-28-27(33)35-15-23-21-8-4-2-6-19(21)20-7-3-5-9-22(20)23/h2-11,14,23H,12-13,15-16H2,1H3,(H,28,33)(H,29,30)(H,31,32). The summed E-state index contributed by atoms with van der Waals surface area (Å²) in [6.07, 6.45) is -0.547. The summed E-state index contributed by atoms with van der Waals surface area (Å²) >= 11 is 0. The zero-order valence-electron chi connectivity index (χ0n) is 19.2. The Hall–Kier alpha value is -4.17. The molecule has 0 atom stereocenters. The largest absolute Gasteiger partial charge is 0.478 e.